The third kappa shape index (κ3) is 5.75. The molecule has 18 heavy (non-hydrogen) atoms. The van der Waals surface area contributed by atoms with Gasteiger partial charge in [0.15, 0.2) is 0 Å². The highest BCUT2D eigenvalue weighted by Crippen LogP contribution is 2.28. The fraction of sp³-hybridized carbons (Fsp3) is 0.538. The van der Waals surface area contributed by atoms with E-state index in [9.17, 15) is 0 Å². The van der Waals surface area contributed by atoms with E-state index in [1.165, 1.54) is 0 Å². The summed E-state index contributed by atoms with van der Waals surface area (Å²) in [6, 6.07) is 5.45. The predicted octanol–water partition coefficient (Wildman–Crippen LogP) is 1.46. The van der Waals surface area contributed by atoms with Crippen molar-refractivity contribution in [1.82, 2.24) is 0 Å². The molecule has 0 aromatic heterocycles. The second-order valence-corrected chi connectivity index (χ2v) is 3.15. The normalized spacial score (nSPS) is 9.17. The molecular weight excluding hydrogens is 232 g/mol. The van der Waals surface area contributed by atoms with Gasteiger partial charge < -0.3 is 25.6 Å². The lowest BCUT2D eigenvalue weighted by Gasteiger charge is -2.12. The highest BCUT2D eigenvalue weighted by molar-refractivity contribution is 5.59. The van der Waals surface area contributed by atoms with E-state index >= 15 is 0 Å². The monoisotopic (exact) mass is 256 g/mol. The largest absolute Gasteiger partial charge is 0.494 e. The van der Waals surface area contributed by atoms with Crippen molar-refractivity contribution in [2.75, 3.05) is 38.7 Å². The molecular formula is C13H24N2O3. The van der Waals surface area contributed by atoms with Gasteiger partial charge in [-0.1, -0.05) is 13.8 Å². The Balaban J connectivity index is 0.00000137. The van der Waals surface area contributed by atoms with Crippen LogP contribution in [0, 0.1) is 0 Å². The minimum absolute atomic E-state index is 0.00447. The van der Waals surface area contributed by atoms with Gasteiger partial charge in [0.25, 0.3) is 0 Å². The first-order valence-electron chi connectivity index (χ1n) is 6.17. The van der Waals surface area contributed by atoms with E-state index in [2.05, 4.69) is 5.32 Å². The molecule has 0 amide bonds. The summed E-state index contributed by atoms with van der Waals surface area (Å²) in [5, 5.41) is 11.8. The van der Waals surface area contributed by atoms with E-state index in [0.717, 1.165) is 5.69 Å². The topological polar surface area (TPSA) is 76.7 Å². The third-order valence-electron chi connectivity index (χ3n) is 1.99. The van der Waals surface area contributed by atoms with Gasteiger partial charge in [-0.25, -0.2) is 0 Å². The first kappa shape index (κ1) is 16.5. The van der Waals surface area contributed by atoms with Crippen LogP contribution in [0.4, 0.5) is 5.69 Å². The number of aliphatic hydroxyl groups excluding tert-OH is 1. The quantitative estimate of drug-likeness (QED) is 0.688. The Labute approximate surface area is 109 Å². The molecule has 104 valence electrons. The number of hydrogen-bond donors (Lipinski definition) is 3. The molecule has 5 nitrogen and oxygen atoms in total. The van der Waals surface area contributed by atoms with E-state index < -0.39 is 0 Å². The van der Waals surface area contributed by atoms with Crippen molar-refractivity contribution in [3.05, 3.63) is 18.2 Å². The van der Waals surface area contributed by atoms with Crippen LogP contribution >= 0.6 is 0 Å². The lowest BCUT2D eigenvalue weighted by Crippen LogP contribution is -2.13. The van der Waals surface area contributed by atoms with Crippen molar-refractivity contribution in [2.24, 2.45) is 5.73 Å². The summed E-state index contributed by atoms with van der Waals surface area (Å²) in [4.78, 5) is 0. The lowest BCUT2D eigenvalue weighted by molar-refractivity contribution is 0.201. The molecule has 0 aliphatic carbocycles. The van der Waals surface area contributed by atoms with E-state index in [4.69, 9.17) is 20.3 Å². The van der Waals surface area contributed by atoms with Gasteiger partial charge in [-0.3, -0.25) is 0 Å². The van der Waals surface area contributed by atoms with Gasteiger partial charge in [0.05, 0.1) is 19.4 Å². The summed E-state index contributed by atoms with van der Waals surface area (Å²) < 4.78 is 10.5. The van der Waals surface area contributed by atoms with Gasteiger partial charge in [-0.05, 0) is 12.1 Å². The maximum atomic E-state index is 8.64. The molecule has 0 radical (unpaired) electrons. The molecule has 0 unspecified atom stereocenters. The Morgan fingerprint density at radius 1 is 1.33 bits per heavy atom. The van der Waals surface area contributed by atoms with Crippen LogP contribution in [0.15, 0.2) is 18.2 Å². The van der Waals surface area contributed by atoms with Crippen LogP contribution in [0.1, 0.15) is 13.8 Å². The molecule has 0 aliphatic heterocycles. The van der Waals surface area contributed by atoms with Crippen molar-refractivity contribution in [3.63, 3.8) is 0 Å². The molecule has 0 spiro atoms. The van der Waals surface area contributed by atoms with Crippen molar-refractivity contribution >= 4 is 5.69 Å². The summed E-state index contributed by atoms with van der Waals surface area (Å²) in [5.74, 6) is 1.37. The average Bonchev–Trinajstić information content (AvgIpc) is 2.45. The summed E-state index contributed by atoms with van der Waals surface area (Å²) in [7, 11) is 1.60. The molecule has 0 saturated carbocycles. The molecule has 1 aromatic rings. The first-order chi connectivity index (χ1) is 8.81. The maximum absolute atomic E-state index is 8.64. The number of rotatable bonds is 7. The highest BCUT2D eigenvalue weighted by atomic mass is 16.5. The maximum Gasteiger partial charge on any atom is 0.145 e. The van der Waals surface area contributed by atoms with E-state index in [1.54, 1.807) is 13.2 Å². The standard InChI is InChI=1S/C11H18N2O3.C2H6/c1-15-11-8-9(16-7-6-14)2-3-10(11)13-5-4-12;1-2/h2-3,8,13-14H,4-7,12H2,1H3;1-2H3. The van der Waals surface area contributed by atoms with Crippen LogP contribution in [0.2, 0.25) is 0 Å². The van der Waals surface area contributed by atoms with Crippen LogP contribution in [0.3, 0.4) is 0 Å². The Bertz CT molecular complexity index is 319. The molecule has 0 heterocycles. The summed E-state index contributed by atoms with van der Waals surface area (Å²) >= 11 is 0. The molecule has 0 bridgehead atoms. The minimum atomic E-state index is -0.00447. The fourth-order valence-electron chi connectivity index (χ4n) is 1.28. The number of nitrogens with two attached hydrogens (primary N) is 1. The van der Waals surface area contributed by atoms with E-state index in [-0.39, 0.29) is 13.2 Å². The summed E-state index contributed by atoms with van der Waals surface area (Å²) in [5.41, 5.74) is 6.29. The Morgan fingerprint density at radius 3 is 2.61 bits per heavy atom. The molecule has 4 N–H and O–H groups in total. The molecule has 5 heteroatoms. The molecule has 0 saturated heterocycles. The first-order valence-corrected chi connectivity index (χ1v) is 6.17. The van der Waals surface area contributed by atoms with Gasteiger partial charge in [-0.2, -0.15) is 0 Å². The minimum Gasteiger partial charge on any atom is -0.494 e. The van der Waals surface area contributed by atoms with Crippen LogP contribution in [0.25, 0.3) is 0 Å². The Morgan fingerprint density at radius 2 is 2.06 bits per heavy atom. The number of anilines is 1. The highest BCUT2D eigenvalue weighted by Gasteiger charge is 2.04. The lowest BCUT2D eigenvalue weighted by atomic mass is 10.2. The van der Waals surface area contributed by atoms with Crippen LogP contribution in [0.5, 0.6) is 11.5 Å². The van der Waals surface area contributed by atoms with Crippen molar-refractivity contribution in [3.8, 4) is 11.5 Å². The summed E-state index contributed by atoms with van der Waals surface area (Å²) in [6.07, 6.45) is 0. The number of aliphatic hydroxyl groups is 1. The molecule has 1 aromatic carbocycles. The number of benzene rings is 1. The van der Waals surface area contributed by atoms with Gasteiger partial charge in [0.2, 0.25) is 0 Å². The number of methoxy groups -OCH3 is 1. The smallest absolute Gasteiger partial charge is 0.145 e. The van der Waals surface area contributed by atoms with Crippen molar-refractivity contribution < 1.29 is 14.6 Å². The van der Waals surface area contributed by atoms with Gasteiger partial charge in [-0.15, -0.1) is 0 Å². The number of nitrogens with one attached hydrogen (secondary N) is 1. The Kier molecular flexibility index (Phi) is 9.81. The van der Waals surface area contributed by atoms with Crippen LogP contribution in [-0.2, 0) is 0 Å². The zero-order chi connectivity index (χ0) is 13.8. The average molecular weight is 256 g/mol. The van der Waals surface area contributed by atoms with E-state index in [1.807, 2.05) is 26.0 Å². The predicted molar refractivity (Wildman–Crippen MR) is 74.5 cm³/mol. The van der Waals surface area contributed by atoms with Gasteiger partial charge in [0.1, 0.15) is 18.1 Å². The SMILES string of the molecule is CC.COc1cc(OCCO)ccc1NCCN. The van der Waals surface area contributed by atoms with Crippen LogP contribution < -0.4 is 20.5 Å². The second-order valence-electron chi connectivity index (χ2n) is 3.15. The second kappa shape index (κ2) is 10.7. The molecule has 1 rings (SSSR count). The number of hydrogen-bond acceptors (Lipinski definition) is 5. The van der Waals surface area contributed by atoms with E-state index in [0.29, 0.717) is 24.6 Å². The zero-order valence-corrected chi connectivity index (χ0v) is 11.4. The molecule has 0 atom stereocenters. The van der Waals surface area contributed by atoms with Crippen molar-refractivity contribution in [1.29, 1.82) is 0 Å². The fourth-order valence-corrected chi connectivity index (χ4v) is 1.28. The number of ether oxygens (including phenoxy) is 2. The third-order valence-corrected chi connectivity index (χ3v) is 1.99. The zero-order valence-electron chi connectivity index (χ0n) is 11.4. The summed E-state index contributed by atoms with van der Waals surface area (Å²) in [6.45, 7) is 5.52. The Hall–Kier alpha value is -1.46. The van der Waals surface area contributed by atoms with Gasteiger partial charge in [0, 0.05) is 19.2 Å². The van der Waals surface area contributed by atoms with Gasteiger partial charge >= 0.3 is 0 Å². The van der Waals surface area contributed by atoms with Crippen LogP contribution in [-0.4, -0.2) is 38.5 Å². The molecule has 0 fully saturated rings. The van der Waals surface area contributed by atoms with Crippen molar-refractivity contribution in [2.45, 2.75) is 13.8 Å². The molecule has 0 aliphatic rings.